The first-order chi connectivity index (χ1) is 20.9. The molecule has 4 aromatic rings. The zero-order valence-electron chi connectivity index (χ0n) is 23.0. The molecule has 0 fully saturated rings. The molecule has 1 aliphatic rings. The van der Waals surface area contributed by atoms with Crippen molar-refractivity contribution in [3.05, 3.63) is 142 Å². The average Bonchev–Trinajstić information content (AvgIpc) is 3.00. The summed E-state index contributed by atoms with van der Waals surface area (Å²) in [5, 5.41) is 12.4. The molecule has 0 saturated carbocycles. The van der Waals surface area contributed by atoms with Crippen molar-refractivity contribution in [1.82, 2.24) is 10.2 Å². The van der Waals surface area contributed by atoms with Crippen LogP contribution in [0.3, 0.4) is 0 Å². The van der Waals surface area contributed by atoms with E-state index in [4.69, 9.17) is 0 Å². The lowest BCUT2D eigenvalue weighted by Gasteiger charge is -2.42. The zero-order valence-corrected chi connectivity index (χ0v) is 23.0. The van der Waals surface area contributed by atoms with Gasteiger partial charge in [-0.2, -0.15) is 26.3 Å². The van der Waals surface area contributed by atoms with Gasteiger partial charge in [0.15, 0.2) is 0 Å². The van der Waals surface area contributed by atoms with Crippen LogP contribution in [-0.4, -0.2) is 21.8 Å². The molecule has 0 spiro atoms. The molecule has 0 saturated heterocycles. The number of carbonyl (C=O) groups is 2. The molecule has 0 aromatic heterocycles. The highest BCUT2D eigenvalue weighted by Crippen LogP contribution is 2.44. The molecule has 4 aromatic carbocycles. The topological polar surface area (TPSA) is 69.6 Å². The molecule has 0 unspecified atom stereocenters. The Hall–Kier alpha value is -4.64. The number of aliphatic hydroxyl groups excluding tert-OH is 1. The minimum absolute atomic E-state index is 0.0295. The third-order valence-corrected chi connectivity index (χ3v) is 7.53. The molecule has 228 valence electrons. The van der Waals surface area contributed by atoms with E-state index in [1.165, 1.54) is 6.07 Å². The molecule has 0 aliphatic carbocycles. The van der Waals surface area contributed by atoms with Crippen molar-refractivity contribution in [3.63, 3.8) is 0 Å². The third-order valence-electron chi connectivity index (χ3n) is 7.53. The molecule has 5 nitrogen and oxygen atoms in total. The maximum absolute atomic E-state index is 13.9. The SMILES string of the molecule is O=C(NCc1ccccc1)[C@@H]1c2ccccc2C(=O)N(Cc2cc(C(F)(F)F)cc(C(F)(F)F)c2)[C@H]1c1ccc(CO)cc1. The van der Waals surface area contributed by atoms with Gasteiger partial charge in [0.2, 0.25) is 5.91 Å². The van der Waals surface area contributed by atoms with Gasteiger partial charge in [-0.25, -0.2) is 0 Å². The van der Waals surface area contributed by atoms with Crippen LogP contribution in [0.25, 0.3) is 0 Å². The van der Waals surface area contributed by atoms with Gasteiger partial charge in [-0.3, -0.25) is 9.59 Å². The quantitative estimate of drug-likeness (QED) is 0.221. The van der Waals surface area contributed by atoms with Crippen LogP contribution in [0.2, 0.25) is 0 Å². The number of benzene rings is 4. The summed E-state index contributed by atoms with van der Waals surface area (Å²) < 4.78 is 82.0. The molecule has 5 rings (SSSR count). The minimum atomic E-state index is -5.08. The second kappa shape index (κ2) is 12.2. The number of amides is 2. The molecule has 11 heteroatoms. The molecule has 2 amide bonds. The number of hydrogen-bond donors (Lipinski definition) is 2. The summed E-state index contributed by atoms with van der Waals surface area (Å²) in [5.41, 5.74) is -1.20. The van der Waals surface area contributed by atoms with Crippen molar-refractivity contribution < 1.29 is 41.0 Å². The Balaban J connectivity index is 1.64. The van der Waals surface area contributed by atoms with Crippen LogP contribution in [-0.2, 0) is 36.8 Å². The van der Waals surface area contributed by atoms with Gasteiger partial charge in [0.25, 0.3) is 5.91 Å². The predicted octanol–water partition coefficient (Wildman–Crippen LogP) is 7.01. The van der Waals surface area contributed by atoms with Crippen LogP contribution in [0.5, 0.6) is 0 Å². The summed E-state index contributed by atoms with van der Waals surface area (Å²) >= 11 is 0. The van der Waals surface area contributed by atoms with Crippen molar-refractivity contribution in [2.45, 2.75) is 44.0 Å². The monoisotopic (exact) mass is 612 g/mol. The van der Waals surface area contributed by atoms with Crippen LogP contribution in [0.4, 0.5) is 26.3 Å². The van der Waals surface area contributed by atoms with E-state index in [-0.39, 0.29) is 24.8 Å². The standard InChI is InChI=1S/C33H26F6N2O3/c34-32(35,36)24-14-22(15-25(16-24)33(37,38)39)18-41-29(23-12-10-21(19-42)11-13-23)28(26-8-4-5-9-27(26)31(41)44)30(43)40-17-20-6-2-1-3-7-20/h1-16,28-29,42H,17-19H2,(H,40,43)/t28-,29+/m1/s1. The number of fused-ring (bicyclic) bond motifs is 1. The van der Waals surface area contributed by atoms with E-state index in [1.54, 1.807) is 54.6 Å². The Morgan fingerprint density at radius 3 is 1.93 bits per heavy atom. The fourth-order valence-electron chi connectivity index (χ4n) is 5.44. The fourth-order valence-corrected chi connectivity index (χ4v) is 5.44. The van der Waals surface area contributed by atoms with Gasteiger partial charge >= 0.3 is 12.4 Å². The van der Waals surface area contributed by atoms with Crippen molar-refractivity contribution >= 4 is 11.8 Å². The Morgan fingerprint density at radius 1 is 0.750 bits per heavy atom. The number of alkyl halides is 6. The lowest BCUT2D eigenvalue weighted by atomic mass is 9.78. The Morgan fingerprint density at radius 2 is 1.34 bits per heavy atom. The molecule has 2 atom stereocenters. The van der Waals surface area contributed by atoms with Gasteiger partial charge in [0.1, 0.15) is 0 Å². The van der Waals surface area contributed by atoms with Gasteiger partial charge in [-0.05, 0) is 52.1 Å². The number of nitrogens with zero attached hydrogens (tertiary/aromatic N) is 1. The van der Waals surface area contributed by atoms with Crippen molar-refractivity contribution in [2.24, 2.45) is 0 Å². The number of carbonyl (C=O) groups excluding carboxylic acids is 2. The molecule has 1 heterocycles. The van der Waals surface area contributed by atoms with Gasteiger partial charge < -0.3 is 15.3 Å². The Labute approximate surface area is 248 Å². The largest absolute Gasteiger partial charge is 0.416 e. The summed E-state index contributed by atoms with van der Waals surface area (Å²) in [5.74, 6) is -2.22. The van der Waals surface area contributed by atoms with Crippen molar-refractivity contribution in [3.8, 4) is 0 Å². The summed E-state index contributed by atoms with van der Waals surface area (Å²) in [6.45, 7) is -0.790. The normalized spacial score (nSPS) is 16.9. The van der Waals surface area contributed by atoms with Gasteiger partial charge in [0, 0.05) is 18.7 Å². The molecule has 0 radical (unpaired) electrons. The highest BCUT2D eigenvalue weighted by atomic mass is 19.4. The minimum Gasteiger partial charge on any atom is -0.392 e. The lowest BCUT2D eigenvalue weighted by Crippen LogP contribution is -2.47. The highest BCUT2D eigenvalue weighted by molar-refractivity contribution is 6.01. The van der Waals surface area contributed by atoms with E-state index in [0.717, 1.165) is 10.5 Å². The van der Waals surface area contributed by atoms with Crippen LogP contribution in [0, 0.1) is 0 Å². The number of rotatable bonds is 7. The van der Waals surface area contributed by atoms with Crippen LogP contribution >= 0.6 is 0 Å². The first-order valence-electron chi connectivity index (χ1n) is 13.6. The highest BCUT2D eigenvalue weighted by Gasteiger charge is 2.45. The fraction of sp³-hybridized carbons (Fsp3) is 0.212. The number of aliphatic hydroxyl groups is 1. The smallest absolute Gasteiger partial charge is 0.392 e. The third kappa shape index (κ3) is 6.47. The first kappa shape index (κ1) is 30.8. The maximum Gasteiger partial charge on any atom is 0.416 e. The van der Waals surface area contributed by atoms with Crippen molar-refractivity contribution in [1.29, 1.82) is 0 Å². The maximum atomic E-state index is 13.9. The second-order valence-electron chi connectivity index (χ2n) is 10.5. The zero-order chi connectivity index (χ0) is 31.6. The summed E-state index contributed by atoms with van der Waals surface area (Å²) in [4.78, 5) is 29.0. The number of nitrogens with one attached hydrogen (secondary N) is 1. The van der Waals surface area contributed by atoms with E-state index in [9.17, 15) is 41.0 Å². The Bertz CT molecular complexity index is 1620. The summed E-state index contributed by atoms with van der Waals surface area (Å²) in [6.07, 6.45) is -10.2. The van der Waals surface area contributed by atoms with E-state index in [1.807, 2.05) is 18.2 Å². The van der Waals surface area contributed by atoms with Gasteiger partial charge in [-0.1, -0.05) is 72.8 Å². The van der Waals surface area contributed by atoms with Gasteiger partial charge in [-0.15, -0.1) is 0 Å². The summed E-state index contributed by atoms with van der Waals surface area (Å²) in [7, 11) is 0. The van der Waals surface area contributed by atoms with Crippen LogP contribution in [0.1, 0.15) is 61.3 Å². The number of hydrogen-bond acceptors (Lipinski definition) is 3. The summed E-state index contributed by atoms with van der Waals surface area (Å²) in [6, 6.07) is 21.7. The van der Waals surface area contributed by atoms with Crippen molar-refractivity contribution in [2.75, 3.05) is 0 Å². The first-order valence-corrected chi connectivity index (χ1v) is 13.6. The molecule has 44 heavy (non-hydrogen) atoms. The molecule has 2 N–H and O–H groups in total. The number of halogens is 6. The molecule has 1 aliphatic heterocycles. The van der Waals surface area contributed by atoms with Gasteiger partial charge in [0.05, 0.1) is 29.7 Å². The molecular weight excluding hydrogens is 586 g/mol. The molecular formula is C33H26F6N2O3. The van der Waals surface area contributed by atoms with E-state index >= 15 is 0 Å². The second-order valence-corrected chi connectivity index (χ2v) is 10.5. The average molecular weight is 613 g/mol. The van der Waals surface area contributed by atoms with E-state index < -0.39 is 59.4 Å². The van der Waals surface area contributed by atoms with E-state index in [2.05, 4.69) is 5.32 Å². The Kier molecular flexibility index (Phi) is 8.51. The van der Waals surface area contributed by atoms with E-state index in [0.29, 0.717) is 28.8 Å². The lowest BCUT2D eigenvalue weighted by molar-refractivity contribution is -0.143. The van der Waals surface area contributed by atoms with Crippen LogP contribution in [0.15, 0.2) is 97.1 Å². The predicted molar refractivity (Wildman–Crippen MR) is 149 cm³/mol. The van der Waals surface area contributed by atoms with Crippen LogP contribution < -0.4 is 5.32 Å². The molecule has 0 bridgehead atoms.